The molecule has 3 rings (SSSR count). The topological polar surface area (TPSA) is 118 Å². The minimum Gasteiger partial charge on any atom is -0.266 e. The highest BCUT2D eigenvalue weighted by Gasteiger charge is 2.43. The lowest BCUT2D eigenvalue weighted by Crippen LogP contribution is -2.32. The number of alkyl halides is 3. The fourth-order valence-electron chi connectivity index (χ4n) is 2.45. The van der Waals surface area contributed by atoms with Gasteiger partial charge in [-0.25, -0.2) is 26.6 Å². The van der Waals surface area contributed by atoms with Crippen LogP contribution in [0.3, 0.4) is 0 Å². The smallest absolute Gasteiger partial charge is 0.266 e. The van der Waals surface area contributed by atoms with Crippen LogP contribution < -0.4 is 4.72 Å². The summed E-state index contributed by atoms with van der Waals surface area (Å²) >= 11 is 0. The minimum absolute atomic E-state index is 0.0318. The highest BCUT2D eigenvalue weighted by Crippen LogP contribution is 2.33. The Morgan fingerprint density at radius 3 is 2.29 bits per heavy atom. The van der Waals surface area contributed by atoms with Gasteiger partial charge in [-0.15, -0.1) is 5.10 Å². The molecule has 0 radical (unpaired) electrons. The third kappa shape index (κ3) is 4.36. The van der Waals surface area contributed by atoms with Gasteiger partial charge in [-0.1, -0.05) is 5.21 Å². The molecule has 0 aliphatic heterocycles. The standard InChI is InChI=1S/C17H8F5N5O3S/c18-10-2-4-11(5-3-10)31(29,30)25-16(28)14-15(17(20,21)22)27(26-24-14)13-6-1-9(8-23)7-12(13)19/h1-7H,(H,25,28). The second-order valence-electron chi connectivity index (χ2n) is 5.86. The second kappa shape index (κ2) is 7.76. The molecule has 0 aliphatic carbocycles. The highest BCUT2D eigenvalue weighted by molar-refractivity contribution is 7.90. The van der Waals surface area contributed by atoms with Gasteiger partial charge in [-0.2, -0.15) is 18.4 Å². The molecule has 0 spiro atoms. The average molecular weight is 457 g/mol. The van der Waals surface area contributed by atoms with E-state index in [0.29, 0.717) is 6.07 Å². The Hall–Kier alpha value is -3.86. The fourth-order valence-corrected chi connectivity index (χ4v) is 3.40. The summed E-state index contributed by atoms with van der Waals surface area (Å²) in [5, 5.41) is 14.9. The van der Waals surface area contributed by atoms with Gasteiger partial charge < -0.3 is 0 Å². The first kappa shape index (κ1) is 21.8. The first-order chi connectivity index (χ1) is 14.4. The van der Waals surface area contributed by atoms with Crippen LogP contribution in [0.4, 0.5) is 22.0 Å². The molecule has 0 aliphatic rings. The zero-order valence-corrected chi connectivity index (χ0v) is 15.7. The molecule has 0 bridgehead atoms. The largest absolute Gasteiger partial charge is 0.435 e. The first-order valence-corrected chi connectivity index (χ1v) is 9.48. The molecule has 1 N–H and O–H groups in total. The number of aromatic nitrogens is 3. The van der Waals surface area contributed by atoms with Crippen molar-refractivity contribution in [1.29, 1.82) is 5.26 Å². The first-order valence-electron chi connectivity index (χ1n) is 7.99. The van der Waals surface area contributed by atoms with Crippen molar-refractivity contribution in [2.45, 2.75) is 11.1 Å². The number of carbonyl (C=O) groups is 1. The monoisotopic (exact) mass is 457 g/mol. The summed E-state index contributed by atoms with van der Waals surface area (Å²) in [6.45, 7) is 0. The lowest BCUT2D eigenvalue weighted by molar-refractivity contribution is -0.143. The summed E-state index contributed by atoms with van der Waals surface area (Å²) in [6, 6.07) is 7.19. The predicted molar refractivity (Wildman–Crippen MR) is 92.1 cm³/mol. The molecule has 0 saturated carbocycles. The average Bonchev–Trinajstić information content (AvgIpc) is 3.13. The van der Waals surface area contributed by atoms with E-state index in [0.717, 1.165) is 36.4 Å². The van der Waals surface area contributed by atoms with Crippen molar-refractivity contribution in [1.82, 2.24) is 19.7 Å². The van der Waals surface area contributed by atoms with Gasteiger partial charge in [0.05, 0.1) is 16.5 Å². The number of halogens is 5. The van der Waals surface area contributed by atoms with Crippen molar-refractivity contribution in [2.24, 2.45) is 0 Å². The van der Waals surface area contributed by atoms with Crippen LogP contribution in [0, 0.1) is 23.0 Å². The SMILES string of the molecule is N#Cc1ccc(-n2nnc(C(=O)NS(=O)(=O)c3ccc(F)cc3)c2C(F)(F)F)c(F)c1. The van der Waals surface area contributed by atoms with Crippen LogP contribution >= 0.6 is 0 Å². The number of benzene rings is 2. The Balaban J connectivity index is 2.05. The number of rotatable bonds is 4. The quantitative estimate of drug-likeness (QED) is 0.602. The third-order valence-electron chi connectivity index (χ3n) is 3.81. The van der Waals surface area contributed by atoms with E-state index in [2.05, 4.69) is 10.3 Å². The van der Waals surface area contributed by atoms with Gasteiger partial charge in [0.1, 0.15) is 17.3 Å². The highest BCUT2D eigenvalue weighted by atomic mass is 32.2. The van der Waals surface area contributed by atoms with Gasteiger partial charge in [0.25, 0.3) is 15.9 Å². The van der Waals surface area contributed by atoms with E-state index in [9.17, 15) is 35.2 Å². The molecule has 3 aromatic rings. The summed E-state index contributed by atoms with van der Waals surface area (Å²) in [5.41, 5.74) is -4.25. The lowest BCUT2D eigenvalue weighted by atomic mass is 10.2. The van der Waals surface area contributed by atoms with Crippen LogP contribution in [0.15, 0.2) is 47.4 Å². The Kier molecular flexibility index (Phi) is 5.47. The van der Waals surface area contributed by atoms with Crippen molar-refractivity contribution >= 4 is 15.9 Å². The van der Waals surface area contributed by atoms with E-state index >= 15 is 0 Å². The molecule has 8 nitrogen and oxygen atoms in total. The Bertz CT molecular complexity index is 1310. The Labute approximate surface area is 170 Å². The zero-order chi connectivity index (χ0) is 23.0. The third-order valence-corrected chi connectivity index (χ3v) is 5.16. The number of amides is 1. The number of sulfonamides is 1. The van der Waals surface area contributed by atoms with Gasteiger partial charge >= 0.3 is 6.18 Å². The molecule has 1 amide bonds. The van der Waals surface area contributed by atoms with Crippen molar-refractivity contribution in [2.75, 3.05) is 0 Å². The predicted octanol–water partition coefficient (Wildman–Crippen LogP) is 2.55. The van der Waals surface area contributed by atoms with Crippen LogP contribution in [0.1, 0.15) is 21.7 Å². The van der Waals surface area contributed by atoms with E-state index in [1.54, 1.807) is 6.07 Å². The van der Waals surface area contributed by atoms with Gasteiger partial charge in [-0.3, -0.25) is 4.79 Å². The van der Waals surface area contributed by atoms with Crippen LogP contribution in [0.2, 0.25) is 0 Å². The van der Waals surface area contributed by atoms with E-state index in [1.807, 2.05) is 0 Å². The number of nitrogens with zero attached hydrogens (tertiary/aromatic N) is 4. The molecule has 1 aromatic heterocycles. The van der Waals surface area contributed by atoms with Crippen molar-refractivity contribution < 1.29 is 35.2 Å². The second-order valence-corrected chi connectivity index (χ2v) is 7.55. The van der Waals surface area contributed by atoms with Gasteiger partial charge in [0.2, 0.25) is 0 Å². The number of carbonyl (C=O) groups excluding carboxylic acids is 1. The molecule has 160 valence electrons. The summed E-state index contributed by atoms with van der Waals surface area (Å²) in [5.74, 6) is -3.84. The zero-order valence-electron chi connectivity index (χ0n) is 14.9. The molecule has 0 atom stereocenters. The number of hydrogen-bond donors (Lipinski definition) is 1. The van der Waals surface area contributed by atoms with Crippen LogP contribution in [-0.2, 0) is 16.2 Å². The minimum atomic E-state index is -5.30. The van der Waals surface area contributed by atoms with E-state index < -0.39 is 55.7 Å². The number of nitriles is 1. The van der Waals surface area contributed by atoms with Crippen molar-refractivity contribution in [3.8, 4) is 11.8 Å². The van der Waals surface area contributed by atoms with Gasteiger partial charge in [-0.05, 0) is 42.5 Å². The van der Waals surface area contributed by atoms with Crippen LogP contribution in [-0.4, -0.2) is 29.3 Å². The van der Waals surface area contributed by atoms with Crippen molar-refractivity contribution in [3.05, 3.63) is 71.1 Å². The maximum absolute atomic E-state index is 14.2. The van der Waals surface area contributed by atoms with Crippen LogP contribution in [0.25, 0.3) is 5.69 Å². The molecule has 0 saturated heterocycles. The molecule has 2 aromatic carbocycles. The van der Waals surface area contributed by atoms with Crippen molar-refractivity contribution in [3.63, 3.8) is 0 Å². The lowest BCUT2D eigenvalue weighted by Gasteiger charge is -2.12. The Morgan fingerprint density at radius 2 is 1.74 bits per heavy atom. The summed E-state index contributed by atoms with van der Waals surface area (Å²) < 4.78 is 93.8. The van der Waals surface area contributed by atoms with E-state index in [1.165, 1.54) is 4.72 Å². The Morgan fingerprint density at radius 1 is 1.10 bits per heavy atom. The molecular weight excluding hydrogens is 449 g/mol. The molecule has 1 heterocycles. The summed E-state index contributed by atoms with van der Waals surface area (Å²) in [7, 11) is -4.68. The number of hydrogen-bond acceptors (Lipinski definition) is 6. The molecule has 14 heteroatoms. The maximum Gasteiger partial charge on any atom is 0.435 e. The van der Waals surface area contributed by atoms with Gasteiger partial charge in [0, 0.05) is 0 Å². The van der Waals surface area contributed by atoms with E-state index in [-0.39, 0.29) is 10.2 Å². The normalized spacial score (nSPS) is 11.7. The molecule has 0 unspecified atom stereocenters. The summed E-state index contributed by atoms with van der Waals surface area (Å²) in [4.78, 5) is 11.7. The molecule has 0 fully saturated rings. The summed E-state index contributed by atoms with van der Waals surface area (Å²) in [6.07, 6.45) is -5.30. The van der Waals surface area contributed by atoms with Gasteiger partial charge in [0.15, 0.2) is 11.4 Å². The van der Waals surface area contributed by atoms with Crippen LogP contribution in [0.5, 0.6) is 0 Å². The van der Waals surface area contributed by atoms with E-state index in [4.69, 9.17) is 5.26 Å². The molecule has 31 heavy (non-hydrogen) atoms. The fraction of sp³-hybridized carbons (Fsp3) is 0.0588. The maximum atomic E-state index is 14.2. The number of nitrogens with one attached hydrogen (secondary N) is 1. The molecular formula is C17H8F5N5O3S.